The number of nitrogens with zero attached hydrogens (tertiary/aromatic N) is 3. The van der Waals surface area contributed by atoms with Crippen LogP contribution in [0, 0.1) is 0 Å². The van der Waals surface area contributed by atoms with Crippen LogP contribution in [0.5, 0.6) is 0 Å². The smallest absolute Gasteiger partial charge is 0.329 e. The number of fused-ring (bicyclic) bond motifs is 1. The first kappa shape index (κ1) is 11.3. The molecule has 0 bridgehead atoms. The number of aromatic amines is 1. The number of H-pyrrole nitrogens is 1. The predicted octanol–water partition coefficient (Wildman–Crippen LogP) is -1.24. The van der Waals surface area contributed by atoms with Crippen molar-refractivity contribution in [1.29, 1.82) is 0 Å². The predicted molar refractivity (Wildman–Crippen MR) is 59.8 cm³/mol. The van der Waals surface area contributed by atoms with Crippen molar-refractivity contribution in [3.8, 4) is 0 Å². The summed E-state index contributed by atoms with van der Waals surface area (Å²) in [4.78, 5) is 22.2. The summed E-state index contributed by atoms with van der Waals surface area (Å²) in [7, 11) is 0. The summed E-state index contributed by atoms with van der Waals surface area (Å²) in [5.74, 6) is 0. The lowest BCUT2D eigenvalue weighted by Crippen LogP contribution is -2.25. The van der Waals surface area contributed by atoms with Gasteiger partial charge in [-0.05, 0) is 0 Å². The van der Waals surface area contributed by atoms with Crippen molar-refractivity contribution in [1.82, 2.24) is 19.5 Å². The summed E-state index contributed by atoms with van der Waals surface area (Å²) >= 11 is 0. The normalized spacial score (nSPS) is 28.0. The zero-order valence-corrected chi connectivity index (χ0v) is 9.35. The van der Waals surface area contributed by atoms with Crippen molar-refractivity contribution in [3.05, 3.63) is 23.0 Å². The summed E-state index contributed by atoms with van der Waals surface area (Å²) < 4.78 is 6.80. The molecule has 0 aromatic carbocycles. The summed E-state index contributed by atoms with van der Waals surface area (Å²) in [6.07, 6.45) is 1.00. The highest BCUT2D eigenvalue weighted by Crippen LogP contribution is 2.29. The SMILES string of the molecule is O=c1[nH]c2ncncc2n1[C@H]1CC(O)C(CO)O1. The number of ether oxygens (including phenoxy) is 1. The number of aliphatic hydroxyl groups is 2. The molecule has 3 rings (SSSR count). The Morgan fingerprint density at radius 1 is 1.61 bits per heavy atom. The third-order valence-electron chi connectivity index (χ3n) is 3.07. The second-order valence-electron chi connectivity index (χ2n) is 4.17. The van der Waals surface area contributed by atoms with E-state index in [9.17, 15) is 9.90 Å². The molecule has 0 aliphatic carbocycles. The van der Waals surface area contributed by atoms with E-state index < -0.39 is 18.4 Å². The van der Waals surface area contributed by atoms with Gasteiger partial charge in [0, 0.05) is 6.42 Å². The van der Waals surface area contributed by atoms with E-state index in [1.165, 1.54) is 17.1 Å². The molecule has 0 spiro atoms. The molecule has 8 heteroatoms. The minimum absolute atomic E-state index is 0.243. The Kier molecular flexibility index (Phi) is 2.62. The highest BCUT2D eigenvalue weighted by atomic mass is 16.5. The number of aliphatic hydroxyl groups excluding tert-OH is 2. The van der Waals surface area contributed by atoms with Crippen molar-refractivity contribution in [2.45, 2.75) is 24.9 Å². The topological polar surface area (TPSA) is 113 Å². The second kappa shape index (κ2) is 4.16. The Labute approximate surface area is 101 Å². The molecule has 2 aromatic rings. The van der Waals surface area contributed by atoms with Crippen LogP contribution >= 0.6 is 0 Å². The van der Waals surface area contributed by atoms with E-state index in [0.717, 1.165) is 0 Å². The first-order chi connectivity index (χ1) is 8.70. The van der Waals surface area contributed by atoms with Gasteiger partial charge in [-0.25, -0.2) is 14.8 Å². The van der Waals surface area contributed by atoms with E-state index in [2.05, 4.69) is 15.0 Å². The van der Waals surface area contributed by atoms with E-state index in [0.29, 0.717) is 11.2 Å². The van der Waals surface area contributed by atoms with E-state index in [-0.39, 0.29) is 18.7 Å². The first-order valence-corrected chi connectivity index (χ1v) is 5.55. The molecule has 0 saturated carbocycles. The lowest BCUT2D eigenvalue weighted by Gasteiger charge is -2.12. The van der Waals surface area contributed by atoms with Crippen molar-refractivity contribution < 1.29 is 14.9 Å². The Morgan fingerprint density at radius 3 is 3.17 bits per heavy atom. The Morgan fingerprint density at radius 2 is 2.44 bits per heavy atom. The average Bonchev–Trinajstić information content (AvgIpc) is 2.88. The molecular weight excluding hydrogens is 240 g/mol. The molecular formula is C10H12N4O4. The summed E-state index contributed by atoms with van der Waals surface area (Å²) in [6.45, 7) is -0.286. The van der Waals surface area contributed by atoms with Crippen LogP contribution in [0.1, 0.15) is 12.6 Å². The number of imidazole rings is 1. The number of aromatic nitrogens is 4. The minimum Gasteiger partial charge on any atom is -0.394 e. The summed E-state index contributed by atoms with van der Waals surface area (Å²) in [5.41, 5.74) is 0.556. The van der Waals surface area contributed by atoms with Gasteiger partial charge in [-0.3, -0.25) is 9.55 Å². The minimum atomic E-state index is -0.790. The lowest BCUT2D eigenvalue weighted by molar-refractivity contribution is -0.0440. The molecule has 1 aliphatic heterocycles. The Bertz CT molecular complexity index is 622. The van der Waals surface area contributed by atoms with Gasteiger partial charge in [-0.1, -0.05) is 0 Å². The molecule has 8 nitrogen and oxygen atoms in total. The van der Waals surface area contributed by atoms with Crippen LogP contribution in [0.2, 0.25) is 0 Å². The monoisotopic (exact) mass is 252 g/mol. The molecule has 2 aromatic heterocycles. The molecule has 2 unspecified atom stereocenters. The van der Waals surface area contributed by atoms with E-state index in [4.69, 9.17) is 9.84 Å². The van der Waals surface area contributed by atoms with Gasteiger partial charge in [0.2, 0.25) is 0 Å². The quantitative estimate of drug-likeness (QED) is 0.616. The molecule has 1 aliphatic rings. The van der Waals surface area contributed by atoms with Gasteiger partial charge in [0.25, 0.3) is 0 Å². The van der Waals surface area contributed by atoms with E-state index >= 15 is 0 Å². The third kappa shape index (κ3) is 1.62. The molecule has 96 valence electrons. The van der Waals surface area contributed by atoms with Crippen LogP contribution in [0.15, 0.2) is 17.3 Å². The van der Waals surface area contributed by atoms with Gasteiger partial charge < -0.3 is 14.9 Å². The summed E-state index contributed by atoms with van der Waals surface area (Å²) in [5, 5.41) is 18.7. The number of rotatable bonds is 2. The van der Waals surface area contributed by atoms with Gasteiger partial charge in [0.15, 0.2) is 5.65 Å². The number of hydrogen-bond donors (Lipinski definition) is 3. The lowest BCUT2D eigenvalue weighted by atomic mass is 10.2. The molecule has 1 saturated heterocycles. The van der Waals surface area contributed by atoms with Gasteiger partial charge in [0.05, 0.1) is 18.9 Å². The number of hydrogen-bond acceptors (Lipinski definition) is 6. The van der Waals surface area contributed by atoms with Crippen molar-refractivity contribution in [2.24, 2.45) is 0 Å². The average molecular weight is 252 g/mol. The van der Waals surface area contributed by atoms with Crippen LogP contribution in [-0.4, -0.2) is 48.5 Å². The fourth-order valence-electron chi connectivity index (χ4n) is 2.19. The third-order valence-corrected chi connectivity index (χ3v) is 3.07. The van der Waals surface area contributed by atoms with Crippen LogP contribution in [0.25, 0.3) is 11.2 Å². The van der Waals surface area contributed by atoms with Gasteiger partial charge >= 0.3 is 5.69 Å². The molecule has 0 radical (unpaired) electrons. The highest BCUT2D eigenvalue weighted by Gasteiger charge is 2.36. The zero-order valence-electron chi connectivity index (χ0n) is 9.35. The second-order valence-corrected chi connectivity index (χ2v) is 4.17. The van der Waals surface area contributed by atoms with Gasteiger partial charge in [-0.15, -0.1) is 0 Å². The van der Waals surface area contributed by atoms with Crippen LogP contribution in [0.3, 0.4) is 0 Å². The van der Waals surface area contributed by atoms with E-state index in [1.54, 1.807) is 0 Å². The molecule has 3 atom stereocenters. The maximum absolute atomic E-state index is 11.8. The van der Waals surface area contributed by atoms with Crippen molar-refractivity contribution >= 4 is 11.2 Å². The van der Waals surface area contributed by atoms with Crippen molar-refractivity contribution in [2.75, 3.05) is 6.61 Å². The van der Waals surface area contributed by atoms with Crippen molar-refractivity contribution in [3.63, 3.8) is 0 Å². The van der Waals surface area contributed by atoms with Crippen LogP contribution in [0.4, 0.5) is 0 Å². The van der Waals surface area contributed by atoms with Gasteiger partial charge in [0.1, 0.15) is 24.2 Å². The number of nitrogens with one attached hydrogen (secondary N) is 1. The molecule has 0 amide bonds. The first-order valence-electron chi connectivity index (χ1n) is 5.55. The maximum Gasteiger partial charge on any atom is 0.329 e. The molecule has 1 fully saturated rings. The zero-order chi connectivity index (χ0) is 12.7. The summed E-state index contributed by atoms with van der Waals surface area (Å²) in [6, 6.07) is 0. The van der Waals surface area contributed by atoms with Crippen LogP contribution < -0.4 is 5.69 Å². The largest absolute Gasteiger partial charge is 0.394 e. The Balaban J connectivity index is 2.05. The van der Waals surface area contributed by atoms with E-state index in [1.807, 2.05) is 0 Å². The molecule has 18 heavy (non-hydrogen) atoms. The maximum atomic E-state index is 11.8. The Hall–Kier alpha value is -1.77. The molecule has 3 heterocycles. The highest BCUT2D eigenvalue weighted by molar-refractivity contribution is 5.69. The fraction of sp³-hybridized carbons (Fsp3) is 0.500. The standard InChI is InChI=1S/C10H12N4O4/c15-3-7-6(16)1-8(18-7)14-5-2-11-4-12-9(5)13-10(14)17/h2,4,6-8,15-16H,1,3H2,(H,11,12,13,17)/t6?,7?,8-/m1/s1. The van der Waals surface area contributed by atoms with Gasteiger partial charge in [-0.2, -0.15) is 0 Å². The molecule has 3 N–H and O–H groups in total. The van der Waals surface area contributed by atoms with Crippen LogP contribution in [-0.2, 0) is 4.74 Å². The fourth-order valence-corrected chi connectivity index (χ4v) is 2.19.